The van der Waals surface area contributed by atoms with Crippen molar-refractivity contribution in [1.29, 1.82) is 0 Å². The first-order valence-electron chi connectivity index (χ1n) is 10.9. The van der Waals surface area contributed by atoms with Gasteiger partial charge in [0, 0.05) is 24.4 Å². The van der Waals surface area contributed by atoms with E-state index in [9.17, 15) is 4.79 Å². The van der Waals surface area contributed by atoms with Crippen LogP contribution in [0.3, 0.4) is 0 Å². The van der Waals surface area contributed by atoms with E-state index in [-0.39, 0.29) is 5.91 Å². The topological polar surface area (TPSA) is 45.9 Å². The van der Waals surface area contributed by atoms with Gasteiger partial charge in [-0.25, -0.2) is 4.98 Å². The second kappa shape index (κ2) is 13.4. The van der Waals surface area contributed by atoms with Crippen LogP contribution in [0.1, 0.15) is 89.3 Å². The normalized spacial score (nSPS) is 10.9. The van der Waals surface area contributed by atoms with Gasteiger partial charge in [0.1, 0.15) is 5.69 Å². The predicted octanol–water partition coefficient (Wildman–Crippen LogP) is 5.90. The van der Waals surface area contributed by atoms with Gasteiger partial charge < -0.3 is 5.32 Å². The summed E-state index contributed by atoms with van der Waals surface area (Å²) in [6.45, 7) is 4.51. The number of carbonyl (C=O) groups is 1. The largest absolute Gasteiger partial charge is 0.302 e. The summed E-state index contributed by atoms with van der Waals surface area (Å²) in [4.78, 5) is 15.5. The minimum atomic E-state index is -0.0788. The van der Waals surface area contributed by atoms with Gasteiger partial charge in [0.25, 0.3) is 0 Å². The molecule has 0 aliphatic rings. The average Bonchev–Trinajstić information content (AvgIpc) is 3.10. The predicted molar refractivity (Wildman–Crippen MR) is 118 cm³/mol. The lowest BCUT2D eigenvalue weighted by Crippen LogP contribution is -2.33. The number of rotatable bonds is 14. The van der Waals surface area contributed by atoms with E-state index in [1.807, 2.05) is 5.38 Å². The van der Waals surface area contributed by atoms with Gasteiger partial charge in [0.05, 0.1) is 0 Å². The number of nitrogens with zero attached hydrogens (tertiary/aromatic N) is 2. The van der Waals surface area contributed by atoms with Crippen LogP contribution in [0, 0.1) is 0 Å². The second-order valence-electron chi connectivity index (χ2n) is 7.64. The molecule has 0 aliphatic carbocycles. The molecule has 2 aromatic heterocycles. The van der Waals surface area contributed by atoms with Gasteiger partial charge in [0.2, 0.25) is 5.91 Å². The first-order valence-corrected chi connectivity index (χ1v) is 11.8. The van der Waals surface area contributed by atoms with E-state index in [1.54, 1.807) is 0 Å². The van der Waals surface area contributed by atoms with E-state index in [2.05, 4.69) is 46.3 Å². The molecule has 4 nitrogen and oxygen atoms in total. The van der Waals surface area contributed by atoms with Gasteiger partial charge in [0.15, 0.2) is 24.1 Å². The number of hydrogen-bond acceptors (Lipinski definition) is 3. The van der Waals surface area contributed by atoms with Crippen molar-refractivity contribution in [2.24, 2.45) is 0 Å². The van der Waals surface area contributed by atoms with Crippen LogP contribution in [0.25, 0.3) is 0 Å². The molecule has 0 fully saturated rings. The molecule has 2 aromatic rings. The highest BCUT2D eigenvalue weighted by Crippen LogP contribution is 2.15. The fraction of sp³-hybridized carbons (Fsp3) is 0.609. The first-order chi connectivity index (χ1) is 13.7. The molecule has 0 saturated heterocycles. The summed E-state index contributed by atoms with van der Waals surface area (Å²) >= 11 is 1.47. The highest BCUT2D eigenvalue weighted by Gasteiger charge is 2.08. The Morgan fingerprint density at radius 3 is 2.21 bits per heavy atom. The molecule has 1 amide bonds. The van der Waals surface area contributed by atoms with Crippen LogP contribution in [0.4, 0.5) is 5.13 Å². The number of nitrogens with one attached hydrogen (secondary N) is 1. The van der Waals surface area contributed by atoms with E-state index in [0.717, 1.165) is 12.2 Å². The van der Waals surface area contributed by atoms with Crippen molar-refractivity contribution in [2.45, 2.75) is 91.0 Å². The molecule has 2 rings (SSSR count). The maximum absolute atomic E-state index is 11.1. The number of unbranched alkanes of at least 4 members (excludes halogenated alkanes) is 9. The summed E-state index contributed by atoms with van der Waals surface area (Å²) in [5, 5.41) is 5.40. The maximum atomic E-state index is 11.1. The monoisotopic (exact) mass is 402 g/mol. The number of hydrogen-bond donors (Lipinski definition) is 1. The molecule has 2 heterocycles. The van der Waals surface area contributed by atoms with Crippen LogP contribution in [0.15, 0.2) is 29.9 Å². The molecule has 0 spiro atoms. The smallest absolute Gasteiger partial charge is 0.223 e. The van der Waals surface area contributed by atoms with E-state index in [1.165, 1.54) is 94.5 Å². The molecular weight excluding hydrogens is 366 g/mol. The average molecular weight is 403 g/mol. The molecule has 0 atom stereocenters. The lowest BCUT2D eigenvalue weighted by atomic mass is 10.0. The summed E-state index contributed by atoms with van der Waals surface area (Å²) in [7, 11) is 0. The fourth-order valence-corrected chi connectivity index (χ4v) is 4.10. The Morgan fingerprint density at radius 2 is 1.61 bits per heavy atom. The van der Waals surface area contributed by atoms with Crippen LogP contribution in [0.5, 0.6) is 0 Å². The van der Waals surface area contributed by atoms with Gasteiger partial charge in [-0.05, 0) is 18.4 Å². The zero-order valence-corrected chi connectivity index (χ0v) is 18.4. The number of amides is 1. The summed E-state index contributed by atoms with van der Waals surface area (Å²) in [5.41, 5.74) is 2.38. The van der Waals surface area contributed by atoms with E-state index < -0.39 is 0 Å². The van der Waals surface area contributed by atoms with Gasteiger partial charge in [-0.2, -0.15) is 4.57 Å². The summed E-state index contributed by atoms with van der Waals surface area (Å²) in [5.74, 6) is -0.0788. The third kappa shape index (κ3) is 9.45. The summed E-state index contributed by atoms with van der Waals surface area (Å²) < 4.78 is 2.13. The molecular formula is C23H36N3OS+. The Bertz CT molecular complexity index is 681. The molecule has 0 unspecified atom stereocenters. The SMILES string of the molecule is CCCCCCCCCCCCc1cc[n+](Cc2csc(NC(C)=O)n2)cc1. The third-order valence-corrected chi connectivity index (χ3v) is 5.76. The summed E-state index contributed by atoms with van der Waals surface area (Å²) in [6, 6.07) is 4.43. The van der Waals surface area contributed by atoms with Crippen LogP contribution < -0.4 is 9.88 Å². The molecule has 0 aliphatic heterocycles. The minimum Gasteiger partial charge on any atom is -0.302 e. The van der Waals surface area contributed by atoms with Crippen molar-refractivity contribution in [1.82, 2.24) is 4.98 Å². The number of aromatic nitrogens is 2. The third-order valence-electron chi connectivity index (χ3n) is 4.96. The van der Waals surface area contributed by atoms with E-state index in [4.69, 9.17) is 0 Å². The van der Waals surface area contributed by atoms with Crippen molar-refractivity contribution < 1.29 is 9.36 Å². The Kier molecular flexibility index (Phi) is 10.8. The van der Waals surface area contributed by atoms with Gasteiger partial charge in [-0.1, -0.05) is 64.7 Å². The minimum absolute atomic E-state index is 0.0788. The first kappa shape index (κ1) is 22.5. The number of pyridine rings is 1. The standard InChI is InChI=1S/C23H35N3OS/c1-3-4-5-6-7-8-9-10-11-12-13-21-14-16-26(17-15-21)18-22-19-28-23(25-22)24-20(2)27/h14-17,19H,3-13,18H2,1-2H3/p+1. The van der Waals surface area contributed by atoms with Crippen molar-refractivity contribution in [2.75, 3.05) is 5.32 Å². The van der Waals surface area contributed by atoms with Crippen molar-refractivity contribution >= 4 is 22.4 Å². The van der Waals surface area contributed by atoms with E-state index >= 15 is 0 Å². The van der Waals surface area contributed by atoms with Crippen molar-refractivity contribution in [3.8, 4) is 0 Å². The van der Waals surface area contributed by atoms with Crippen LogP contribution in [0.2, 0.25) is 0 Å². The van der Waals surface area contributed by atoms with Crippen molar-refractivity contribution in [3.63, 3.8) is 0 Å². The van der Waals surface area contributed by atoms with Crippen LogP contribution >= 0.6 is 11.3 Å². The Morgan fingerprint density at radius 1 is 1.00 bits per heavy atom. The summed E-state index contributed by atoms with van der Waals surface area (Å²) in [6.07, 6.45) is 19.2. The van der Waals surface area contributed by atoms with Gasteiger partial charge >= 0.3 is 0 Å². The molecule has 1 N–H and O–H groups in total. The Balaban J connectivity index is 1.58. The maximum Gasteiger partial charge on any atom is 0.223 e. The van der Waals surface area contributed by atoms with Crippen LogP contribution in [-0.2, 0) is 17.8 Å². The lowest BCUT2D eigenvalue weighted by molar-refractivity contribution is -0.688. The molecule has 0 aromatic carbocycles. The Labute approximate surface area is 174 Å². The second-order valence-corrected chi connectivity index (χ2v) is 8.49. The van der Waals surface area contributed by atoms with E-state index in [0.29, 0.717) is 5.13 Å². The lowest BCUT2D eigenvalue weighted by Gasteiger charge is -2.03. The number of anilines is 1. The quantitative estimate of drug-likeness (QED) is 0.316. The molecule has 0 saturated carbocycles. The fourth-order valence-electron chi connectivity index (χ4n) is 3.35. The molecule has 28 heavy (non-hydrogen) atoms. The van der Waals surface area contributed by atoms with Crippen molar-refractivity contribution in [3.05, 3.63) is 41.2 Å². The van der Waals surface area contributed by atoms with Gasteiger partial charge in [-0.15, -0.1) is 11.3 Å². The number of thiazole rings is 1. The highest BCUT2D eigenvalue weighted by atomic mass is 32.1. The zero-order chi connectivity index (χ0) is 20.0. The Hall–Kier alpha value is -1.75. The molecule has 154 valence electrons. The highest BCUT2D eigenvalue weighted by molar-refractivity contribution is 7.13. The zero-order valence-electron chi connectivity index (χ0n) is 17.6. The molecule has 5 heteroatoms. The molecule has 0 bridgehead atoms. The van der Waals surface area contributed by atoms with Gasteiger partial charge in [-0.3, -0.25) is 4.79 Å². The molecule has 0 radical (unpaired) electrons. The number of aryl methyl sites for hydroxylation is 1. The van der Waals surface area contributed by atoms with Crippen LogP contribution in [-0.4, -0.2) is 10.9 Å². The number of carbonyl (C=O) groups excluding carboxylic acids is 1.